The van der Waals surface area contributed by atoms with Crippen LogP contribution in [0.25, 0.3) is 10.7 Å². The van der Waals surface area contributed by atoms with Crippen LogP contribution in [0.3, 0.4) is 0 Å². The van der Waals surface area contributed by atoms with Gasteiger partial charge in [0.15, 0.2) is 17.9 Å². The molecule has 0 saturated carbocycles. The minimum absolute atomic E-state index is 0.139. The number of esters is 3. The van der Waals surface area contributed by atoms with Gasteiger partial charge in [0.2, 0.25) is 0 Å². The van der Waals surface area contributed by atoms with Crippen molar-refractivity contribution >= 4 is 52.6 Å². The van der Waals surface area contributed by atoms with Crippen molar-refractivity contribution in [3.63, 3.8) is 0 Å². The van der Waals surface area contributed by atoms with Gasteiger partial charge in [-0.3, -0.25) is 14.4 Å². The minimum atomic E-state index is -1.13. The first kappa shape index (κ1) is 29.4. The SMILES string of the molecule is CC(=O)OC[C@H]1O[C@H](Sc2cc(C)cnc2C#N)[C@H](OC(C)=O)[C@@H](n2cc(-c3nc(Cl)cs3)nn2)[C@H]1OC(C)=O. The number of thioether (sulfide) groups is 1. The summed E-state index contributed by atoms with van der Waals surface area (Å²) < 4.78 is 24.3. The third-order valence-electron chi connectivity index (χ3n) is 5.52. The molecule has 3 aromatic rings. The van der Waals surface area contributed by atoms with Gasteiger partial charge >= 0.3 is 17.9 Å². The van der Waals surface area contributed by atoms with E-state index in [0.717, 1.165) is 17.3 Å². The Hall–Kier alpha value is -3.58. The summed E-state index contributed by atoms with van der Waals surface area (Å²) in [6.07, 6.45) is -0.135. The second-order valence-corrected chi connectivity index (χ2v) is 11.0. The number of aromatic nitrogens is 5. The van der Waals surface area contributed by atoms with E-state index in [9.17, 15) is 19.6 Å². The number of thiazole rings is 1. The van der Waals surface area contributed by atoms with Crippen molar-refractivity contribution < 1.29 is 33.3 Å². The number of pyridine rings is 1. The van der Waals surface area contributed by atoms with Crippen LogP contribution in [0.15, 0.2) is 28.7 Å². The number of halogens is 1. The molecule has 3 aromatic heterocycles. The highest BCUT2D eigenvalue weighted by molar-refractivity contribution is 7.99. The summed E-state index contributed by atoms with van der Waals surface area (Å²) >= 11 is 8.32. The average Bonchev–Trinajstić information content (AvgIpc) is 3.53. The second kappa shape index (κ2) is 12.7. The van der Waals surface area contributed by atoms with E-state index in [2.05, 4.69) is 20.3 Å². The zero-order chi connectivity index (χ0) is 29.0. The summed E-state index contributed by atoms with van der Waals surface area (Å²) in [7, 11) is 0. The lowest BCUT2D eigenvalue weighted by Crippen LogP contribution is -2.57. The summed E-state index contributed by atoms with van der Waals surface area (Å²) in [6.45, 7) is 5.20. The fourth-order valence-corrected chi connectivity index (χ4v) is 6.17. The zero-order valence-electron chi connectivity index (χ0n) is 21.6. The molecule has 1 fully saturated rings. The Labute approximate surface area is 241 Å². The molecule has 0 aliphatic carbocycles. The highest BCUT2D eigenvalue weighted by Crippen LogP contribution is 2.42. The minimum Gasteiger partial charge on any atom is -0.463 e. The maximum Gasteiger partial charge on any atom is 0.303 e. The van der Waals surface area contributed by atoms with Crippen molar-refractivity contribution in [2.45, 2.75) is 62.4 Å². The van der Waals surface area contributed by atoms with Gasteiger partial charge < -0.3 is 18.9 Å². The molecule has 0 amide bonds. The standard InChI is InChI=1S/C24H23ClN6O7S2/c1-11-5-18(15(6-26)27-7-11)40-24-22(37-14(4)34)20(21(36-13(3)33)17(38-24)9-35-12(2)32)31-8-16(29-30-31)23-28-19(25)10-39-23/h5,7-8,10,17,20-22,24H,9H2,1-4H3/t17-,20+,21+,22-,24-/m1/s1. The topological polar surface area (TPSA) is 168 Å². The molecule has 5 atom stereocenters. The first-order valence-corrected chi connectivity index (χ1v) is 13.9. The van der Waals surface area contributed by atoms with Crippen molar-refractivity contribution in [2.24, 2.45) is 0 Å². The fourth-order valence-electron chi connectivity index (χ4n) is 4.01. The molecule has 1 aliphatic rings. The first-order valence-electron chi connectivity index (χ1n) is 11.8. The Morgan fingerprint density at radius 3 is 2.55 bits per heavy atom. The number of rotatable bonds is 8. The Kier molecular flexibility index (Phi) is 9.36. The molecule has 0 aromatic carbocycles. The second-order valence-electron chi connectivity index (χ2n) is 8.63. The summed E-state index contributed by atoms with van der Waals surface area (Å²) in [5.41, 5.74) is 0.329. The Morgan fingerprint density at radius 2 is 1.93 bits per heavy atom. The van der Waals surface area contributed by atoms with E-state index in [0.29, 0.717) is 15.6 Å². The van der Waals surface area contributed by atoms with E-state index in [1.165, 1.54) is 36.8 Å². The number of hydrogen-bond acceptors (Lipinski definition) is 14. The van der Waals surface area contributed by atoms with Crippen molar-refractivity contribution in [1.82, 2.24) is 25.0 Å². The van der Waals surface area contributed by atoms with Gasteiger partial charge in [-0.15, -0.1) is 16.4 Å². The molecule has 4 heterocycles. The lowest BCUT2D eigenvalue weighted by atomic mass is 9.96. The summed E-state index contributed by atoms with van der Waals surface area (Å²) in [5.74, 6) is -1.87. The number of nitriles is 1. The number of hydrogen-bond donors (Lipinski definition) is 0. The predicted octanol–water partition coefficient (Wildman–Crippen LogP) is 3.11. The van der Waals surface area contributed by atoms with Crippen LogP contribution in [0.4, 0.5) is 0 Å². The van der Waals surface area contributed by atoms with Gasteiger partial charge in [0, 0.05) is 37.2 Å². The van der Waals surface area contributed by atoms with Crippen LogP contribution < -0.4 is 0 Å². The van der Waals surface area contributed by atoms with Gasteiger partial charge in [0.05, 0.1) is 6.20 Å². The molecule has 0 unspecified atom stereocenters. The van der Waals surface area contributed by atoms with Crippen LogP contribution in [-0.4, -0.2) is 73.2 Å². The predicted molar refractivity (Wildman–Crippen MR) is 141 cm³/mol. The van der Waals surface area contributed by atoms with Crippen LogP contribution in [-0.2, 0) is 33.3 Å². The summed E-state index contributed by atoms with van der Waals surface area (Å²) in [6, 6.07) is 2.80. The lowest BCUT2D eigenvalue weighted by molar-refractivity contribution is -0.212. The highest BCUT2D eigenvalue weighted by atomic mass is 35.5. The number of nitrogens with zero attached hydrogens (tertiary/aromatic N) is 6. The van der Waals surface area contributed by atoms with Gasteiger partial charge in [-0.25, -0.2) is 14.6 Å². The molecule has 0 N–H and O–H groups in total. The molecule has 16 heteroatoms. The van der Waals surface area contributed by atoms with E-state index in [4.69, 9.17) is 30.5 Å². The maximum absolute atomic E-state index is 12.3. The van der Waals surface area contributed by atoms with Gasteiger partial charge in [-0.1, -0.05) is 28.6 Å². The molecule has 0 radical (unpaired) electrons. The van der Waals surface area contributed by atoms with Gasteiger partial charge in [-0.05, 0) is 18.6 Å². The van der Waals surface area contributed by atoms with Crippen LogP contribution in [0.5, 0.6) is 0 Å². The van der Waals surface area contributed by atoms with Crippen LogP contribution in [0, 0.1) is 18.3 Å². The van der Waals surface area contributed by atoms with Crippen molar-refractivity contribution in [3.05, 3.63) is 40.3 Å². The number of carbonyl (C=O) groups is 3. The maximum atomic E-state index is 12.3. The normalized spacial score (nSPS) is 22.2. The molecule has 1 aliphatic heterocycles. The van der Waals surface area contributed by atoms with Gasteiger partial charge in [0.1, 0.15) is 46.1 Å². The van der Waals surface area contributed by atoms with Gasteiger partial charge in [-0.2, -0.15) is 5.26 Å². The van der Waals surface area contributed by atoms with E-state index in [1.807, 2.05) is 13.0 Å². The number of aryl methyl sites for hydroxylation is 1. The van der Waals surface area contributed by atoms with E-state index >= 15 is 0 Å². The monoisotopic (exact) mass is 606 g/mol. The van der Waals surface area contributed by atoms with Crippen molar-refractivity contribution in [2.75, 3.05) is 6.61 Å². The molecule has 4 rings (SSSR count). The average molecular weight is 607 g/mol. The zero-order valence-corrected chi connectivity index (χ0v) is 24.0. The van der Waals surface area contributed by atoms with E-state index in [-0.39, 0.29) is 17.5 Å². The molecule has 1 saturated heterocycles. The molecule has 210 valence electrons. The summed E-state index contributed by atoms with van der Waals surface area (Å²) in [5, 5.41) is 20.5. The molecule has 0 bridgehead atoms. The third kappa shape index (κ3) is 6.94. The fraction of sp³-hybridized carbons (Fsp3) is 0.417. The smallest absolute Gasteiger partial charge is 0.303 e. The quantitative estimate of drug-likeness (QED) is 0.271. The molecular weight excluding hydrogens is 584 g/mol. The Balaban J connectivity index is 1.82. The molecule has 13 nitrogen and oxygen atoms in total. The molecule has 40 heavy (non-hydrogen) atoms. The highest BCUT2D eigenvalue weighted by Gasteiger charge is 2.52. The van der Waals surface area contributed by atoms with E-state index in [1.54, 1.807) is 23.8 Å². The Morgan fingerprint density at radius 1 is 1.20 bits per heavy atom. The van der Waals surface area contributed by atoms with Crippen molar-refractivity contribution in [3.8, 4) is 16.8 Å². The molecular formula is C24H23ClN6O7S2. The number of ether oxygens (including phenoxy) is 4. The van der Waals surface area contributed by atoms with Crippen molar-refractivity contribution in [1.29, 1.82) is 5.26 Å². The van der Waals surface area contributed by atoms with Crippen LogP contribution in [0.2, 0.25) is 5.15 Å². The largest absolute Gasteiger partial charge is 0.463 e. The first-order chi connectivity index (χ1) is 19.0. The van der Waals surface area contributed by atoms with Gasteiger partial charge in [0.25, 0.3) is 0 Å². The lowest BCUT2D eigenvalue weighted by Gasteiger charge is -2.44. The number of carbonyl (C=O) groups excluding carboxylic acids is 3. The van der Waals surface area contributed by atoms with E-state index < -0.39 is 47.7 Å². The van der Waals surface area contributed by atoms with Crippen LogP contribution in [0.1, 0.15) is 38.1 Å². The Bertz CT molecular complexity index is 1460. The third-order valence-corrected chi connectivity index (χ3v) is 7.89. The summed E-state index contributed by atoms with van der Waals surface area (Å²) in [4.78, 5) is 45.1. The van der Waals surface area contributed by atoms with Crippen LogP contribution >= 0.6 is 34.7 Å². The molecule has 0 spiro atoms.